The number of methoxy groups -OCH3 is 1. The summed E-state index contributed by atoms with van der Waals surface area (Å²) >= 11 is 0. The van der Waals surface area contributed by atoms with Gasteiger partial charge in [0.25, 0.3) is 5.91 Å². The van der Waals surface area contributed by atoms with Crippen molar-refractivity contribution in [2.24, 2.45) is 0 Å². The maximum Gasteiger partial charge on any atom is 0.262 e. The van der Waals surface area contributed by atoms with E-state index in [-0.39, 0.29) is 11.5 Å². The lowest BCUT2D eigenvalue weighted by Gasteiger charge is -2.13. The minimum Gasteiger partial charge on any atom is -0.497 e. The number of nitrogens with zero attached hydrogens (tertiary/aromatic N) is 1. The molecule has 0 radical (unpaired) electrons. The minimum absolute atomic E-state index is 0.127. The van der Waals surface area contributed by atoms with Crippen LogP contribution < -0.4 is 10.1 Å². The van der Waals surface area contributed by atoms with Gasteiger partial charge in [0, 0.05) is 12.1 Å². The van der Waals surface area contributed by atoms with Crippen LogP contribution in [0.25, 0.3) is 5.57 Å². The molecule has 0 aliphatic heterocycles. The number of nitriles is 1. The Labute approximate surface area is 161 Å². The van der Waals surface area contributed by atoms with Crippen LogP contribution >= 0.6 is 0 Å². The van der Waals surface area contributed by atoms with Crippen LogP contribution in [0.4, 0.5) is 0 Å². The Morgan fingerprint density at radius 1 is 1.00 bits per heavy atom. The largest absolute Gasteiger partial charge is 0.497 e. The van der Waals surface area contributed by atoms with Crippen molar-refractivity contribution >= 4 is 11.5 Å². The topological polar surface area (TPSA) is 62.1 Å². The average Bonchev–Trinajstić information content (AvgIpc) is 2.72. The molecule has 140 valence electrons. The van der Waals surface area contributed by atoms with Crippen LogP contribution in [0.3, 0.4) is 0 Å². The standard InChI is InChI=1S/C23H26N2O2/c1-3-4-5-9-16-25-23(26)21(17-24)22(18-10-7-6-8-11-18)19-12-14-20(27-2)15-13-19/h6-8,10-15H,3-5,9,16H2,1-2H3,(H,25,26)/b22-21+. The molecule has 0 saturated heterocycles. The first kappa shape index (κ1) is 20.3. The normalized spacial score (nSPS) is 11.3. The Kier molecular flexibility index (Phi) is 8.12. The Morgan fingerprint density at radius 3 is 2.26 bits per heavy atom. The van der Waals surface area contributed by atoms with Gasteiger partial charge in [0.2, 0.25) is 0 Å². The second-order valence-electron chi connectivity index (χ2n) is 6.27. The highest BCUT2D eigenvalue weighted by Gasteiger charge is 2.18. The number of carbonyl (C=O) groups excluding carboxylic acids is 1. The lowest BCUT2D eigenvalue weighted by atomic mass is 9.93. The number of amides is 1. The maximum atomic E-state index is 12.7. The summed E-state index contributed by atoms with van der Waals surface area (Å²) in [5, 5.41) is 12.6. The molecule has 0 saturated carbocycles. The van der Waals surface area contributed by atoms with Gasteiger partial charge >= 0.3 is 0 Å². The quantitative estimate of drug-likeness (QED) is 0.399. The van der Waals surface area contributed by atoms with Crippen LogP contribution in [0.5, 0.6) is 5.75 Å². The zero-order valence-electron chi connectivity index (χ0n) is 16.0. The second kappa shape index (κ2) is 10.8. The maximum absolute atomic E-state index is 12.7. The lowest BCUT2D eigenvalue weighted by molar-refractivity contribution is -0.117. The van der Waals surface area contributed by atoms with Crippen molar-refractivity contribution in [3.05, 3.63) is 71.3 Å². The van der Waals surface area contributed by atoms with Crippen molar-refractivity contribution in [1.29, 1.82) is 5.26 Å². The molecule has 0 atom stereocenters. The summed E-state index contributed by atoms with van der Waals surface area (Å²) in [7, 11) is 1.61. The van der Waals surface area contributed by atoms with Gasteiger partial charge in [-0.1, -0.05) is 68.7 Å². The number of rotatable bonds is 9. The van der Waals surface area contributed by atoms with Gasteiger partial charge < -0.3 is 10.1 Å². The van der Waals surface area contributed by atoms with Crippen LogP contribution in [0, 0.1) is 11.3 Å². The summed E-state index contributed by atoms with van der Waals surface area (Å²) in [6.07, 6.45) is 4.29. The minimum atomic E-state index is -0.330. The summed E-state index contributed by atoms with van der Waals surface area (Å²) < 4.78 is 5.21. The van der Waals surface area contributed by atoms with E-state index >= 15 is 0 Å². The highest BCUT2D eigenvalue weighted by Crippen LogP contribution is 2.28. The summed E-state index contributed by atoms with van der Waals surface area (Å²) in [6, 6.07) is 19.0. The molecule has 0 aromatic heterocycles. The molecular weight excluding hydrogens is 336 g/mol. The monoisotopic (exact) mass is 362 g/mol. The third-order valence-electron chi connectivity index (χ3n) is 4.35. The zero-order valence-corrected chi connectivity index (χ0v) is 16.0. The summed E-state index contributed by atoms with van der Waals surface area (Å²) in [5.41, 5.74) is 2.40. The molecule has 27 heavy (non-hydrogen) atoms. The fraction of sp³-hybridized carbons (Fsp3) is 0.304. The van der Waals surface area contributed by atoms with Crippen molar-refractivity contribution in [2.75, 3.05) is 13.7 Å². The number of hydrogen-bond donors (Lipinski definition) is 1. The van der Waals surface area contributed by atoms with Gasteiger partial charge in [0.05, 0.1) is 7.11 Å². The highest BCUT2D eigenvalue weighted by atomic mass is 16.5. The van der Waals surface area contributed by atoms with Crippen molar-refractivity contribution in [3.8, 4) is 11.8 Å². The van der Waals surface area contributed by atoms with Crippen LogP contribution in [-0.4, -0.2) is 19.6 Å². The lowest BCUT2D eigenvalue weighted by Crippen LogP contribution is -2.26. The first-order valence-electron chi connectivity index (χ1n) is 9.33. The highest BCUT2D eigenvalue weighted by molar-refractivity contribution is 6.08. The average molecular weight is 362 g/mol. The molecule has 0 spiro atoms. The summed E-state index contributed by atoms with van der Waals surface area (Å²) in [4.78, 5) is 12.7. The number of benzene rings is 2. The molecule has 0 aliphatic carbocycles. The van der Waals surface area contributed by atoms with Gasteiger partial charge in [-0.25, -0.2) is 0 Å². The summed E-state index contributed by atoms with van der Waals surface area (Å²) in [6.45, 7) is 2.73. The van der Waals surface area contributed by atoms with E-state index in [1.165, 1.54) is 0 Å². The molecule has 4 heteroatoms. The van der Waals surface area contributed by atoms with Crippen LogP contribution in [0.2, 0.25) is 0 Å². The predicted molar refractivity (Wildman–Crippen MR) is 108 cm³/mol. The van der Waals surface area contributed by atoms with Gasteiger partial charge in [-0.3, -0.25) is 4.79 Å². The third kappa shape index (κ3) is 5.72. The fourth-order valence-corrected chi connectivity index (χ4v) is 2.88. The molecule has 4 nitrogen and oxygen atoms in total. The van der Waals surface area contributed by atoms with E-state index < -0.39 is 0 Å². The van der Waals surface area contributed by atoms with E-state index in [9.17, 15) is 10.1 Å². The van der Waals surface area contributed by atoms with Gasteiger partial charge in [0.1, 0.15) is 17.4 Å². The number of carbonyl (C=O) groups is 1. The molecule has 2 aromatic carbocycles. The van der Waals surface area contributed by atoms with Gasteiger partial charge in [0.15, 0.2) is 0 Å². The van der Waals surface area contributed by atoms with E-state index in [1.807, 2.05) is 54.6 Å². The molecule has 0 fully saturated rings. The predicted octanol–water partition coefficient (Wildman–Crippen LogP) is 4.72. The Morgan fingerprint density at radius 2 is 1.67 bits per heavy atom. The number of hydrogen-bond acceptors (Lipinski definition) is 3. The third-order valence-corrected chi connectivity index (χ3v) is 4.35. The molecule has 1 amide bonds. The molecule has 0 unspecified atom stereocenters. The molecule has 2 rings (SSSR count). The molecule has 0 heterocycles. The van der Waals surface area contributed by atoms with E-state index in [0.29, 0.717) is 12.1 Å². The zero-order chi connectivity index (χ0) is 19.5. The van der Waals surface area contributed by atoms with Gasteiger partial charge in [-0.2, -0.15) is 5.26 Å². The smallest absolute Gasteiger partial charge is 0.262 e. The van der Waals surface area contributed by atoms with Crippen molar-refractivity contribution in [2.45, 2.75) is 32.6 Å². The van der Waals surface area contributed by atoms with E-state index in [0.717, 1.165) is 42.6 Å². The first-order chi connectivity index (χ1) is 13.2. The second-order valence-corrected chi connectivity index (χ2v) is 6.27. The number of unbranched alkanes of at least 4 members (excludes halogenated alkanes) is 3. The molecule has 0 aliphatic rings. The Hall–Kier alpha value is -3.06. The van der Waals surface area contributed by atoms with Crippen molar-refractivity contribution < 1.29 is 9.53 Å². The van der Waals surface area contributed by atoms with Crippen LogP contribution in [0.15, 0.2) is 60.2 Å². The van der Waals surface area contributed by atoms with Crippen molar-refractivity contribution in [3.63, 3.8) is 0 Å². The first-order valence-corrected chi connectivity index (χ1v) is 9.33. The Balaban J connectivity index is 2.36. The SMILES string of the molecule is CCCCCCNC(=O)/C(C#N)=C(\c1ccccc1)c1ccc(OC)cc1. The summed E-state index contributed by atoms with van der Waals surface area (Å²) in [5.74, 6) is 0.397. The number of ether oxygens (including phenoxy) is 1. The van der Waals surface area contributed by atoms with E-state index in [2.05, 4.69) is 18.3 Å². The van der Waals surface area contributed by atoms with E-state index in [1.54, 1.807) is 7.11 Å². The fourth-order valence-electron chi connectivity index (χ4n) is 2.88. The number of nitrogens with one attached hydrogen (secondary N) is 1. The van der Waals surface area contributed by atoms with Crippen molar-refractivity contribution in [1.82, 2.24) is 5.32 Å². The molecule has 2 aromatic rings. The molecular formula is C23H26N2O2. The molecule has 1 N–H and O–H groups in total. The Bertz CT molecular complexity index is 803. The van der Waals surface area contributed by atoms with Crippen LogP contribution in [0.1, 0.15) is 43.7 Å². The van der Waals surface area contributed by atoms with Gasteiger partial charge in [-0.05, 0) is 29.7 Å². The van der Waals surface area contributed by atoms with Gasteiger partial charge in [-0.15, -0.1) is 0 Å². The molecule has 0 bridgehead atoms. The van der Waals surface area contributed by atoms with E-state index in [4.69, 9.17) is 4.74 Å². The van der Waals surface area contributed by atoms with Crippen LogP contribution in [-0.2, 0) is 4.79 Å².